The molecule has 4 rings (SSSR count). The van der Waals surface area contributed by atoms with Crippen LogP contribution in [-0.4, -0.2) is 36.6 Å². The van der Waals surface area contributed by atoms with Gasteiger partial charge in [0.25, 0.3) is 0 Å². The summed E-state index contributed by atoms with van der Waals surface area (Å²) in [6.07, 6.45) is 2.76. The van der Waals surface area contributed by atoms with Gasteiger partial charge in [0.1, 0.15) is 5.75 Å². The van der Waals surface area contributed by atoms with E-state index < -0.39 is 16.2 Å². The van der Waals surface area contributed by atoms with Crippen molar-refractivity contribution < 1.29 is 22.1 Å². The average Bonchev–Trinajstić information content (AvgIpc) is 3.40. The van der Waals surface area contributed by atoms with Crippen LogP contribution in [0.2, 0.25) is 0 Å². The largest absolute Gasteiger partial charge is 0.453 e. The van der Waals surface area contributed by atoms with Crippen molar-refractivity contribution in [2.45, 2.75) is 4.21 Å². The van der Waals surface area contributed by atoms with Crippen molar-refractivity contribution in [3.8, 4) is 16.9 Å². The van der Waals surface area contributed by atoms with Crippen molar-refractivity contribution in [1.82, 2.24) is 15.0 Å². The Balaban J connectivity index is 1.62. The first kappa shape index (κ1) is 18.1. The lowest BCUT2D eigenvalue weighted by molar-refractivity contribution is 0.186. The number of rotatable bonds is 5. The summed E-state index contributed by atoms with van der Waals surface area (Å²) in [4.78, 5) is 21.2. The van der Waals surface area contributed by atoms with Crippen LogP contribution in [0.1, 0.15) is 0 Å². The number of hydrogen-bond acceptors (Lipinski definition) is 7. The predicted octanol–water partition coefficient (Wildman–Crippen LogP) is 3.57. The molecule has 11 heteroatoms. The van der Waals surface area contributed by atoms with E-state index in [9.17, 15) is 13.2 Å². The molecule has 144 valence electrons. The third-order valence-corrected chi connectivity index (χ3v) is 6.52. The normalized spacial score (nSPS) is 11.5. The lowest BCUT2D eigenvalue weighted by Crippen LogP contribution is -2.11. The van der Waals surface area contributed by atoms with Crippen LogP contribution < -0.4 is 9.50 Å². The number of anilines is 1. The average molecular weight is 418 g/mol. The van der Waals surface area contributed by atoms with Gasteiger partial charge in [0.05, 0.1) is 18.1 Å². The van der Waals surface area contributed by atoms with Crippen LogP contribution in [-0.2, 0) is 14.9 Å². The van der Waals surface area contributed by atoms with Crippen LogP contribution in [0.25, 0.3) is 22.2 Å². The molecular formula is C17H14N4O5S2. The second-order valence-corrected chi connectivity index (χ2v) is 8.30. The number of fused-ring (bicyclic) bond motifs is 1. The molecule has 0 spiro atoms. The number of H-pyrrole nitrogens is 2. The number of amides is 1. The summed E-state index contributed by atoms with van der Waals surface area (Å²) in [5.74, 6) is 0.295. The van der Waals surface area contributed by atoms with Gasteiger partial charge >= 0.3 is 16.2 Å². The topological polar surface area (TPSA) is 126 Å². The molecule has 0 aliphatic heterocycles. The molecular weight excluding hydrogens is 404 g/mol. The number of aromatic nitrogens is 3. The summed E-state index contributed by atoms with van der Waals surface area (Å²) in [6, 6.07) is 8.08. The molecule has 9 nitrogen and oxygen atoms in total. The number of imidazole rings is 1. The highest BCUT2D eigenvalue weighted by Crippen LogP contribution is 2.34. The molecule has 0 unspecified atom stereocenters. The van der Waals surface area contributed by atoms with Crippen molar-refractivity contribution in [3.63, 3.8) is 0 Å². The number of thiophene rings is 1. The van der Waals surface area contributed by atoms with Gasteiger partial charge < -0.3 is 18.9 Å². The maximum Gasteiger partial charge on any atom is 0.413 e. The minimum atomic E-state index is -4.03. The third-order valence-electron chi connectivity index (χ3n) is 3.83. The summed E-state index contributed by atoms with van der Waals surface area (Å²) >= 11 is 1.08. The quantitative estimate of drug-likeness (QED) is 0.425. The summed E-state index contributed by atoms with van der Waals surface area (Å²) in [5, 5.41) is 4.10. The van der Waals surface area contributed by atoms with Crippen molar-refractivity contribution in [1.29, 1.82) is 0 Å². The van der Waals surface area contributed by atoms with Crippen molar-refractivity contribution in [2.24, 2.45) is 0 Å². The van der Waals surface area contributed by atoms with Gasteiger partial charge in [-0.25, -0.2) is 9.78 Å². The van der Waals surface area contributed by atoms with Gasteiger partial charge in [-0.15, -0.1) is 11.3 Å². The molecule has 0 saturated heterocycles. The van der Waals surface area contributed by atoms with Crippen LogP contribution in [0.5, 0.6) is 5.75 Å². The summed E-state index contributed by atoms with van der Waals surface area (Å²) in [5.41, 5.74) is 2.35. The summed E-state index contributed by atoms with van der Waals surface area (Å²) in [7, 11) is -2.79. The van der Waals surface area contributed by atoms with Crippen molar-refractivity contribution in [3.05, 3.63) is 48.1 Å². The summed E-state index contributed by atoms with van der Waals surface area (Å²) < 4.78 is 35.5. The predicted molar refractivity (Wildman–Crippen MR) is 104 cm³/mol. The van der Waals surface area contributed by atoms with E-state index in [1.54, 1.807) is 36.0 Å². The van der Waals surface area contributed by atoms with Gasteiger partial charge in [-0.3, -0.25) is 5.32 Å². The second kappa shape index (κ2) is 7.02. The molecule has 0 aliphatic rings. The molecule has 1 amide bonds. The highest BCUT2D eigenvalue weighted by Gasteiger charge is 2.24. The molecule has 28 heavy (non-hydrogen) atoms. The second-order valence-electron chi connectivity index (χ2n) is 5.64. The Kier molecular flexibility index (Phi) is 4.53. The standard InChI is InChI=1S/C17H14N4O5S2/c1-25-17(22)21-16-19-13-3-2-11(8-14(13)20-16)26-28(23,24)15-12(5-7-27-15)10-4-6-18-9-10/h2-9,18H,1H3,(H2,19,20,21,22). The summed E-state index contributed by atoms with van der Waals surface area (Å²) in [6.45, 7) is 0. The fourth-order valence-electron chi connectivity index (χ4n) is 2.61. The Morgan fingerprint density at radius 3 is 2.86 bits per heavy atom. The van der Waals surface area contributed by atoms with Crippen molar-refractivity contribution in [2.75, 3.05) is 12.4 Å². The Labute approximate surface area is 163 Å². The molecule has 0 radical (unpaired) electrons. The molecule has 4 aromatic rings. The SMILES string of the molecule is COC(=O)Nc1nc2ccc(OS(=O)(=O)c3sccc3-c3cc[nH]c3)cc2[nH]1. The zero-order valence-electron chi connectivity index (χ0n) is 14.4. The Bertz CT molecular complexity index is 1240. The molecule has 3 heterocycles. The maximum absolute atomic E-state index is 12.8. The number of benzene rings is 1. The zero-order valence-corrected chi connectivity index (χ0v) is 16.1. The molecule has 0 atom stereocenters. The molecule has 3 aromatic heterocycles. The number of carbonyl (C=O) groups excluding carboxylic acids is 1. The van der Waals surface area contributed by atoms with E-state index in [0.29, 0.717) is 16.6 Å². The number of carbonyl (C=O) groups is 1. The van der Waals surface area contributed by atoms with E-state index in [1.165, 1.54) is 19.2 Å². The molecule has 0 bridgehead atoms. The third kappa shape index (κ3) is 3.44. The van der Waals surface area contributed by atoms with E-state index >= 15 is 0 Å². The van der Waals surface area contributed by atoms with Crippen LogP contribution in [0.3, 0.4) is 0 Å². The minimum absolute atomic E-state index is 0.116. The van der Waals surface area contributed by atoms with Gasteiger partial charge in [-0.2, -0.15) is 8.42 Å². The maximum atomic E-state index is 12.8. The lowest BCUT2D eigenvalue weighted by Gasteiger charge is -2.07. The first-order chi connectivity index (χ1) is 13.5. The van der Waals surface area contributed by atoms with E-state index in [0.717, 1.165) is 16.9 Å². The fraction of sp³-hybridized carbons (Fsp3) is 0.0588. The lowest BCUT2D eigenvalue weighted by atomic mass is 10.2. The van der Waals surface area contributed by atoms with Crippen molar-refractivity contribution >= 4 is 44.5 Å². The number of ether oxygens (including phenoxy) is 1. The Morgan fingerprint density at radius 2 is 2.11 bits per heavy atom. The first-order valence-electron chi connectivity index (χ1n) is 7.96. The van der Waals surface area contributed by atoms with Gasteiger partial charge in [-0.05, 0) is 29.6 Å². The van der Waals surface area contributed by atoms with Crippen LogP contribution in [0.15, 0.2) is 52.3 Å². The molecule has 1 aromatic carbocycles. The van der Waals surface area contributed by atoms with Gasteiger partial charge in [0.15, 0.2) is 4.21 Å². The Morgan fingerprint density at radius 1 is 1.25 bits per heavy atom. The zero-order chi connectivity index (χ0) is 19.7. The molecule has 0 fully saturated rings. The number of nitrogens with one attached hydrogen (secondary N) is 3. The van der Waals surface area contributed by atoms with E-state index in [4.69, 9.17) is 4.18 Å². The monoisotopic (exact) mass is 418 g/mol. The fourth-order valence-corrected chi connectivity index (χ4v) is 4.88. The number of methoxy groups -OCH3 is 1. The van der Waals surface area contributed by atoms with E-state index in [-0.39, 0.29) is 15.9 Å². The molecule has 0 saturated carbocycles. The van der Waals surface area contributed by atoms with Crippen LogP contribution in [0.4, 0.5) is 10.7 Å². The highest BCUT2D eigenvalue weighted by molar-refractivity contribution is 7.89. The minimum Gasteiger partial charge on any atom is -0.453 e. The van der Waals surface area contributed by atoms with Crippen LogP contribution in [0, 0.1) is 0 Å². The molecule has 3 N–H and O–H groups in total. The number of hydrogen-bond donors (Lipinski definition) is 3. The van der Waals surface area contributed by atoms with Crippen LogP contribution >= 0.6 is 11.3 Å². The van der Waals surface area contributed by atoms with E-state index in [1.807, 2.05) is 0 Å². The molecule has 0 aliphatic carbocycles. The van der Waals surface area contributed by atoms with E-state index in [2.05, 4.69) is 25.0 Å². The van der Waals surface area contributed by atoms with Gasteiger partial charge in [0, 0.05) is 29.6 Å². The van der Waals surface area contributed by atoms with Gasteiger partial charge in [-0.1, -0.05) is 0 Å². The van der Waals surface area contributed by atoms with Gasteiger partial charge in [0.2, 0.25) is 5.95 Å². The number of nitrogens with zero attached hydrogens (tertiary/aromatic N) is 1. The smallest absolute Gasteiger partial charge is 0.413 e. The first-order valence-corrected chi connectivity index (χ1v) is 10.2. The Hall–Kier alpha value is -3.31. The number of aromatic amines is 2. The highest BCUT2D eigenvalue weighted by atomic mass is 32.3.